The summed E-state index contributed by atoms with van der Waals surface area (Å²) in [6.45, 7) is 0. The highest BCUT2D eigenvalue weighted by atomic mass is 35.5. The van der Waals surface area contributed by atoms with Gasteiger partial charge in [0.1, 0.15) is 17.2 Å². The average Bonchev–Trinajstić information content (AvgIpc) is 2.42. The normalized spacial score (nSPS) is 10.0. The molecule has 0 atom stereocenters. The number of rotatable bonds is 3. The number of halogens is 1. The van der Waals surface area contributed by atoms with Crippen LogP contribution in [0.25, 0.3) is 0 Å². The molecule has 2 N–H and O–H groups in total. The quantitative estimate of drug-likeness (QED) is 0.690. The smallest absolute Gasteiger partial charge is 0.356 e. The second-order valence-corrected chi connectivity index (χ2v) is 4.09. The second kappa shape index (κ2) is 5.58. The maximum absolute atomic E-state index is 11.2. The van der Waals surface area contributed by atoms with E-state index >= 15 is 0 Å². The van der Waals surface area contributed by atoms with Gasteiger partial charge in [0.05, 0.1) is 19.0 Å². The van der Waals surface area contributed by atoms with Gasteiger partial charge in [-0.25, -0.2) is 9.78 Å². The molecule has 0 aliphatic rings. The van der Waals surface area contributed by atoms with Gasteiger partial charge in [-0.3, -0.25) is 0 Å². The van der Waals surface area contributed by atoms with Crippen molar-refractivity contribution in [2.75, 3.05) is 12.8 Å². The summed E-state index contributed by atoms with van der Waals surface area (Å²) < 4.78 is 10.1. The zero-order valence-corrected chi connectivity index (χ0v) is 10.8. The van der Waals surface area contributed by atoms with Crippen LogP contribution in [-0.4, -0.2) is 18.1 Å². The molecule has 0 unspecified atom stereocenters. The molecule has 1 heterocycles. The van der Waals surface area contributed by atoms with Crippen molar-refractivity contribution in [3.05, 3.63) is 47.2 Å². The lowest BCUT2D eigenvalue weighted by Gasteiger charge is -2.08. The van der Waals surface area contributed by atoms with Gasteiger partial charge in [-0.2, -0.15) is 0 Å². The van der Waals surface area contributed by atoms with Crippen LogP contribution in [0.3, 0.4) is 0 Å². The molecule has 0 amide bonds. The third-order valence-corrected chi connectivity index (χ3v) is 2.57. The van der Waals surface area contributed by atoms with Crippen LogP contribution in [0.4, 0.5) is 5.69 Å². The van der Waals surface area contributed by atoms with E-state index in [0.717, 1.165) is 0 Å². The molecule has 0 aliphatic heterocycles. The fourth-order valence-corrected chi connectivity index (χ4v) is 1.59. The van der Waals surface area contributed by atoms with Crippen molar-refractivity contribution in [2.24, 2.45) is 0 Å². The molecule has 0 aliphatic carbocycles. The molecule has 2 rings (SSSR count). The Morgan fingerprint density at radius 3 is 2.68 bits per heavy atom. The van der Waals surface area contributed by atoms with E-state index < -0.39 is 5.97 Å². The minimum Gasteiger partial charge on any atom is -0.464 e. The molecule has 0 saturated carbocycles. The standard InChI is InChI=1S/C13H11ClN2O3/c1-18-13(17)11-4-3-9(7-16-11)19-12-5-2-8(14)6-10(12)15/h2-7H,15H2,1H3. The molecular formula is C13H11ClN2O3. The van der Waals surface area contributed by atoms with E-state index in [1.165, 1.54) is 19.4 Å². The predicted molar refractivity (Wildman–Crippen MR) is 71.5 cm³/mol. The van der Waals surface area contributed by atoms with Gasteiger partial charge in [-0.1, -0.05) is 11.6 Å². The van der Waals surface area contributed by atoms with Crippen molar-refractivity contribution in [3.63, 3.8) is 0 Å². The first-order chi connectivity index (χ1) is 9.10. The number of esters is 1. The van der Waals surface area contributed by atoms with Gasteiger partial charge < -0.3 is 15.2 Å². The molecule has 1 aromatic carbocycles. The Morgan fingerprint density at radius 2 is 2.11 bits per heavy atom. The van der Waals surface area contributed by atoms with E-state index in [-0.39, 0.29) is 5.69 Å². The Balaban J connectivity index is 2.17. The van der Waals surface area contributed by atoms with Gasteiger partial charge in [-0.15, -0.1) is 0 Å². The lowest BCUT2D eigenvalue weighted by molar-refractivity contribution is 0.0594. The van der Waals surface area contributed by atoms with Crippen LogP contribution in [0.5, 0.6) is 11.5 Å². The number of hydrogen-bond donors (Lipinski definition) is 1. The maximum atomic E-state index is 11.2. The number of hydrogen-bond acceptors (Lipinski definition) is 5. The zero-order chi connectivity index (χ0) is 13.8. The number of carbonyl (C=O) groups excluding carboxylic acids is 1. The number of ether oxygens (including phenoxy) is 2. The van der Waals surface area contributed by atoms with E-state index in [1.54, 1.807) is 24.3 Å². The molecule has 98 valence electrons. The van der Waals surface area contributed by atoms with E-state index in [1.807, 2.05) is 0 Å². The fourth-order valence-electron chi connectivity index (χ4n) is 1.41. The van der Waals surface area contributed by atoms with E-state index in [2.05, 4.69) is 9.72 Å². The number of pyridine rings is 1. The van der Waals surface area contributed by atoms with Crippen LogP contribution in [0.1, 0.15) is 10.5 Å². The summed E-state index contributed by atoms with van der Waals surface area (Å²) >= 11 is 5.79. The summed E-state index contributed by atoms with van der Waals surface area (Å²) in [4.78, 5) is 15.1. The summed E-state index contributed by atoms with van der Waals surface area (Å²) in [7, 11) is 1.29. The summed E-state index contributed by atoms with van der Waals surface area (Å²) in [5, 5.41) is 0.531. The number of nitrogen functional groups attached to an aromatic ring is 1. The third-order valence-electron chi connectivity index (χ3n) is 2.33. The number of anilines is 1. The summed E-state index contributed by atoms with van der Waals surface area (Å²) in [6.07, 6.45) is 1.42. The molecule has 0 radical (unpaired) electrons. The summed E-state index contributed by atoms with van der Waals surface area (Å²) in [6, 6.07) is 8.03. The summed E-state index contributed by atoms with van der Waals surface area (Å²) in [5.41, 5.74) is 6.39. The van der Waals surface area contributed by atoms with Gasteiger partial charge >= 0.3 is 5.97 Å². The van der Waals surface area contributed by atoms with Crippen molar-refractivity contribution < 1.29 is 14.3 Å². The minimum atomic E-state index is -0.502. The molecule has 19 heavy (non-hydrogen) atoms. The number of benzene rings is 1. The van der Waals surface area contributed by atoms with Gasteiger partial charge in [0.15, 0.2) is 0 Å². The molecule has 0 fully saturated rings. The van der Waals surface area contributed by atoms with Crippen molar-refractivity contribution >= 4 is 23.3 Å². The van der Waals surface area contributed by atoms with Gasteiger partial charge in [-0.05, 0) is 30.3 Å². The number of carbonyl (C=O) groups is 1. The maximum Gasteiger partial charge on any atom is 0.356 e. The molecular weight excluding hydrogens is 268 g/mol. The van der Waals surface area contributed by atoms with Crippen LogP contribution in [-0.2, 0) is 4.74 Å². The monoisotopic (exact) mass is 278 g/mol. The van der Waals surface area contributed by atoms with Crippen molar-refractivity contribution in [2.45, 2.75) is 0 Å². The largest absolute Gasteiger partial charge is 0.464 e. The van der Waals surface area contributed by atoms with Crippen LogP contribution >= 0.6 is 11.6 Å². The van der Waals surface area contributed by atoms with Crippen LogP contribution < -0.4 is 10.5 Å². The van der Waals surface area contributed by atoms with E-state index in [0.29, 0.717) is 22.2 Å². The molecule has 2 aromatic rings. The Labute approximate surface area is 114 Å². The van der Waals surface area contributed by atoms with Gasteiger partial charge in [0.2, 0.25) is 0 Å². The van der Waals surface area contributed by atoms with Gasteiger partial charge in [0.25, 0.3) is 0 Å². The highest BCUT2D eigenvalue weighted by Gasteiger charge is 2.08. The molecule has 0 saturated heterocycles. The zero-order valence-electron chi connectivity index (χ0n) is 10.1. The number of nitrogens with two attached hydrogens (primary N) is 1. The molecule has 5 nitrogen and oxygen atoms in total. The Bertz CT molecular complexity index is 599. The number of nitrogens with zero attached hydrogens (tertiary/aromatic N) is 1. The SMILES string of the molecule is COC(=O)c1ccc(Oc2ccc(Cl)cc2N)cn1. The van der Waals surface area contributed by atoms with Crippen LogP contribution in [0.2, 0.25) is 5.02 Å². The molecule has 1 aromatic heterocycles. The highest BCUT2D eigenvalue weighted by molar-refractivity contribution is 6.30. The van der Waals surface area contributed by atoms with E-state index in [9.17, 15) is 4.79 Å². The first-order valence-corrected chi connectivity index (χ1v) is 5.75. The number of aromatic nitrogens is 1. The summed E-state index contributed by atoms with van der Waals surface area (Å²) in [5.74, 6) is 0.427. The Morgan fingerprint density at radius 1 is 1.32 bits per heavy atom. The predicted octanol–water partition coefficient (Wildman–Crippen LogP) is 2.90. The number of methoxy groups -OCH3 is 1. The third kappa shape index (κ3) is 3.14. The first kappa shape index (κ1) is 13.2. The lowest BCUT2D eigenvalue weighted by atomic mass is 10.3. The minimum absolute atomic E-state index is 0.207. The Hall–Kier alpha value is -2.27. The Kier molecular flexibility index (Phi) is 3.87. The fraction of sp³-hybridized carbons (Fsp3) is 0.0769. The van der Waals surface area contributed by atoms with Crippen LogP contribution in [0, 0.1) is 0 Å². The first-order valence-electron chi connectivity index (χ1n) is 5.37. The molecule has 0 bridgehead atoms. The molecule has 6 heteroatoms. The van der Waals surface area contributed by atoms with Crippen molar-refractivity contribution in [3.8, 4) is 11.5 Å². The van der Waals surface area contributed by atoms with E-state index in [4.69, 9.17) is 22.1 Å². The highest BCUT2D eigenvalue weighted by Crippen LogP contribution is 2.29. The van der Waals surface area contributed by atoms with Gasteiger partial charge in [0, 0.05) is 5.02 Å². The molecule has 0 spiro atoms. The van der Waals surface area contributed by atoms with Crippen molar-refractivity contribution in [1.82, 2.24) is 4.98 Å². The average molecular weight is 279 g/mol. The lowest BCUT2D eigenvalue weighted by Crippen LogP contribution is -2.03. The van der Waals surface area contributed by atoms with Crippen LogP contribution in [0.15, 0.2) is 36.5 Å². The van der Waals surface area contributed by atoms with Crippen molar-refractivity contribution in [1.29, 1.82) is 0 Å². The topological polar surface area (TPSA) is 74.4 Å². The second-order valence-electron chi connectivity index (χ2n) is 3.65.